The first-order valence-electron chi connectivity index (χ1n) is 5.05. The Morgan fingerprint density at radius 2 is 2.17 bits per heavy atom. The molecule has 0 radical (unpaired) electrons. The molecule has 0 saturated carbocycles. The van der Waals surface area contributed by atoms with Crippen LogP contribution < -0.4 is 5.69 Å². The largest absolute Gasteiger partial charge is 0.465 e. The Kier molecular flexibility index (Phi) is 3.18. The average Bonchev–Trinajstić information content (AvgIpc) is 2.38. The standard InChI is InChI=1S/C12H9FN2O3/c1-18-11(16)9-3-2-7(4-10(9)13)8-5-14-12(17)15-6-8/h2-6H,1H3,(H,14,15,17). The number of esters is 1. The summed E-state index contributed by atoms with van der Waals surface area (Å²) in [4.78, 5) is 27.9. The van der Waals surface area contributed by atoms with E-state index in [1.165, 1.54) is 31.6 Å². The maximum Gasteiger partial charge on any atom is 0.344 e. The maximum atomic E-state index is 13.7. The summed E-state index contributed by atoms with van der Waals surface area (Å²) in [6.45, 7) is 0. The van der Waals surface area contributed by atoms with Crippen LogP contribution >= 0.6 is 0 Å². The van der Waals surface area contributed by atoms with Gasteiger partial charge in [0.05, 0.1) is 12.7 Å². The van der Waals surface area contributed by atoms with Crippen LogP contribution in [0.1, 0.15) is 10.4 Å². The van der Waals surface area contributed by atoms with E-state index in [4.69, 9.17) is 0 Å². The molecule has 0 aliphatic carbocycles. The summed E-state index contributed by atoms with van der Waals surface area (Å²) in [6, 6.07) is 4.05. The topological polar surface area (TPSA) is 72.0 Å². The number of nitrogens with one attached hydrogen (secondary N) is 1. The van der Waals surface area contributed by atoms with E-state index >= 15 is 0 Å². The Balaban J connectivity index is 2.43. The zero-order valence-corrected chi connectivity index (χ0v) is 9.44. The fourth-order valence-corrected chi connectivity index (χ4v) is 1.47. The number of aromatic nitrogens is 2. The zero-order chi connectivity index (χ0) is 13.1. The number of hydrogen-bond donors (Lipinski definition) is 1. The SMILES string of the molecule is COC(=O)c1ccc(-c2cnc(=O)[nH]c2)cc1F. The van der Waals surface area contributed by atoms with Crippen molar-refractivity contribution in [2.75, 3.05) is 7.11 Å². The zero-order valence-electron chi connectivity index (χ0n) is 9.44. The van der Waals surface area contributed by atoms with Crippen molar-refractivity contribution in [3.63, 3.8) is 0 Å². The molecule has 0 fully saturated rings. The van der Waals surface area contributed by atoms with Gasteiger partial charge in [0.2, 0.25) is 0 Å². The van der Waals surface area contributed by atoms with Gasteiger partial charge in [-0.3, -0.25) is 0 Å². The lowest BCUT2D eigenvalue weighted by Crippen LogP contribution is -2.08. The molecule has 5 nitrogen and oxygen atoms in total. The van der Waals surface area contributed by atoms with Crippen molar-refractivity contribution in [2.45, 2.75) is 0 Å². The van der Waals surface area contributed by atoms with Crippen LogP contribution in [0.5, 0.6) is 0 Å². The third-order valence-corrected chi connectivity index (χ3v) is 2.38. The first kappa shape index (κ1) is 12.0. The van der Waals surface area contributed by atoms with E-state index < -0.39 is 17.5 Å². The second kappa shape index (κ2) is 4.79. The van der Waals surface area contributed by atoms with Gasteiger partial charge in [0.25, 0.3) is 0 Å². The highest BCUT2D eigenvalue weighted by molar-refractivity contribution is 5.90. The Hall–Kier alpha value is -2.50. The van der Waals surface area contributed by atoms with Gasteiger partial charge < -0.3 is 9.72 Å². The Morgan fingerprint density at radius 1 is 1.39 bits per heavy atom. The van der Waals surface area contributed by atoms with Gasteiger partial charge in [-0.2, -0.15) is 0 Å². The number of hydrogen-bond acceptors (Lipinski definition) is 4. The van der Waals surface area contributed by atoms with Crippen LogP contribution in [0.2, 0.25) is 0 Å². The van der Waals surface area contributed by atoms with E-state index in [1.54, 1.807) is 6.07 Å². The van der Waals surface area contributed by atoms with Gasteiger partial charge in [-0.25, -0.2) is 19.0 Å². The molecule has 1 aromatic heterocycles. The van der Waals surface area contributed by atoms with Crippen molar-refractivity contribution >= 4 is 5.97 Å². The first-order chi connectivity index (χ1) is 8.61. The van der Waals surface area contributed by atoms with Crippen molar-refractivity contribution in [3.8, 4) is 11.1 Å². The van der Waals surface area contributed by atoms with Crippen LogP contribution in [0.4, 0.5) is 4.39 Å². The lowest BCUT2D eigenvalue weighted by Gasteiger charge is -2.04. The third-order valence-electron chi connectivity index (χ3n) is 2.38. The van der Waals surface area contributed by atoms with Gasteiger partial charge >= 0.3 is 11.7 Å². The van der Waals surface area contributed by atoms with E-state index in [0.717, 1.165) is 0 Å². The summed E-state index contributed by atoms with van der Waals surface area (Å²) in [5.74, 6) is -1.43. The molecule has 0 aliphatic heterocycles. The first-order valence-corrected chi connectivity index (χ1v) is 5.05. The minimum absolute atomic E-state index is 0.140. The van der Waals surface area contributed by atoms with Crippen molar-refractivity contribution in [3.05, 3.63) is 52.5 Å². The minimum Gasteiger partial charge on any atom is -0.465 e. The number of rotatable bonds is 2. The fourth-order valence-electron chi connectivity index (χ4n) is 1.47. The molecule has 0 amide bonds. The van der Waals surface area contributed by atoms with Crippen LogP contribution in [0.15, 0.2) is 35.4 Å². The monoisotopic (exact) mass is 248 g/mol. The molecule has 2 rings (SSSR count). The Bertz CT molecular complexity index is 632. The van der Waals surface area contributed by atoms with Crippen LogP contribution in [0.25, 0.3) is 11.1 Å². The molecule has 0 spiro atoms. The summed E-state index contributed by atoms with van der Waals surface area (Å²) in [5.41, 5.74) is 0.429. The van der Waals surface area contributed by atoms with E-state index in [2.05, 4.69) is 14.7 Å². The molecule has 18 heavy (non-hydrogen) atoms. The number of halogens is 1. The van der Waals surface area contributed by atoms with E-state index in [0.29, 0.717) is 11.1 Å². The van der Waals surface area contributed by atoms with Crippen LogP contribution in [0.3, 0.4) is 0 Å². The second-order valence-electron chi connectivity index (χ2n) is 3.49. The highest BCUT2D eigenvalue weighted by Crippen LogP contribution is 2.20. The van der Waals surface area contributed by atoms with Gasteiger partial charge in [-0.05, 0) is 17.7 Å². The molecule has 1 aromatic carbocycles. The summed E-state index contributed by atoms with van der Waals surface area (Å²) < 4.78 is 18.1. The van der Waals surface area contributed by atoms with Crippen molar-refractivity contribution in [2.24, 2.45) is 0 Å². The van der Waals surface area contributed by atoms with Crippen LogP contribution in [-0.2, 0) is 4.74 Å². The van der Waals surface area contributed by atoms with Gasteiger partial charge in [-0.15, -0.1) is 0 Å². The molecule has 1 N–H and O–H groups in total. The Morgan fingerprint density at radius 3 is 2.72 bits per heavy atom. The molecule has 92 valence electrons. The lowest BCUT2D eigenvalue weighted by atomic mass is 10.1. The summed E-state index contributed by atoms with van der Waals surface area (Å²) in [7, 11) is 1.18. The van der Waals surface area contributed by atoms with Gasteiger partial charge in [0.1, 0.15) is 5.82 Å². The summed E-state index contributed by atoms with van der Waals surface area (Å²) >= 11 is 0. The lowest BCUT2D eigenvalue weighted by molar-refractivity contribution is 0.0595. The molecule has 0 aliphatic rings. The molecule has 6 heteroatoms. The normalized spacial score (nSPS) is 10.1. The predicted molar refractivity (Wildman–Crippen MR) is 61.6 cm³/mol. The van der Waals surface area contributed by atoms with Crippen molar-refractivity contribution in [1.29, 1.82) is 0 Å². The number of methoxy groups -OCH3 is 1. The highest BCUT2D eigenvalue weighted by Gasteiger charge is 2.12. The van der Waals surface area contributed by atoms with E-state index in [9.17, 15) is 14.0 Å². The predicted octanol–water partition coefficient (Wildman–Crippen LogP) is 1.36. The highest BCUT2D eigenvalue weighted by atomic mass is 19.1. The fraction of sp³-hybridized carbons (Fsp3) is 0.0833. The van der Waals surface area contributed by atoms with Gasteiger partial charge in [0.15, 0.2) is 0 Å². The number of benzene rings is 1. The van der Waals surface area contributed by atoms with Crippen LogP contribution in [-0.4, -0.2) is 23.0 Å². The maximum absolute atomic E-state index is 13.7. The molecular formula is C12H9FN2O3. The van der Waals surface area contributed by atoms with Gasteiger partial charge in [0, 0.05) is 18.0 Å². The summed E-state index contributed by atoms with van der Waals surface area (Å²) in [6.07, 6.45) is 2.74. The Labute approximate surface area is 101 Å². The summed E-state index contributed by atoms with van der Waals surface area (Å²) in [5, 5.41) is 0. The molecule has 1 heterocycles. The number of H-pyrrole nitrogens is 1. The smallest absolute Gasteiger partial charge is 0.344 e. The third kappa shape index (κ3) is 2.27. The van der Waals surface area contributed by atoms with Crippen LogP contribution in [0, 0.1) is 5.82 Å². The molecule has 0 saturated heterocycles. The minimum atomic E-state index is -0.737. The number of carbonyl (C=O) groups excluding carboxylic acids is 1. The number of ether oxygens (including phenoxy) is 1. The van der Waals surface area contributed by atoms with E-state index in [1.807, 2.05) is 0 Å². The molecule has 0 bridgehead atoms. The number of nitrogens with zero attached hydrogens (tertiary/aromatic N) is 1. The molecule has 2 aromatic rings. The number of carbonyl (C=O) groups is 1. The van der Waals surface area contributed by atoms with Gasteiger partial charge in [-0.1, -0.05) is 6.07 Å². The van der Waals surface area contributed by atoms with Crippen molar-refractivity contribution < 1.29 is 13.9 Å². The molecular weight excluding hydrogens is 239 g/mol. The van der Waals surface area contributed by atoms with Crippen molar-refractivity contribution in [1.82, 2.24) is 9.97 Å². The average molecular weight is 248 g/mol. The molecule has 0 atom stereocenters. The molecule has 0 unspecified atom stereocenters. The van der Waals surface area contributed by atoms with E-state index in [-0.39, 0.29) is 5.56 Å². The second-order valence-corrected chi connectivity index (χ2v) is 3.49. The quantitative estimate of drug-likeness (QED) is 0.814. The number of aromatic amines is 1.